The SMILES string of the molecule is CCCC(C)N(C)CC(O)c1c(C)cc(C)cc1C. The first-order valence-corrected chi connectivity index (χ1v) is 7.32. The number of aliphatic hydroxyl groups excluding tert-OH is 1. The van der Waals surface area contributed by atoms with Crippen LogP contribution in [0.15, 0.2) is 12.1 Å². The molecule has 0 saturated heterocycles. The predicted molar refractivity (Wildman–Crippen MR) is 82.6 cm³/mol. The Hall–Kier alpha value is -0.860. The molecule has 1 aromatic rings. The van der Waals surface area contributed by atoms with E-state index in [0.717, 1.165) is 5.56 Å². The van der Waals surface area contributed by atoms with Gasteiger partial charge in [-0.1, -0.05) is 31.0 Å². The molecule has 0 aliphatic rings. The van der Waals surface area contributed by atoms with E-state index in [4.69, 9.17) is 0 Å². The molecule has 0 spiro atoms. The molecule has 2 heteroatoms. The summed E-state index contributed by atoms with van der Waals surface area (Å²) >= 11 is 0. The van der Waals surface area contributed by atoms with Gasteiger partial charge < -0.3 is 10.0 Å². The van der Waals surface area contributed by atoms with E-state index >= 15 is 0 Å². The third kappa shape index (κ3) is 4.32. The van der Waals surface area contributed by atoms with Gasteiger partial charge in [-0.2, -0.15) is 0 Å². The standard InChI is InChI=1S/C17H29NO/c1-7-8-15(5)18(6)11-16(19)17-13(3)9-12(2)10-14(17)4/h9-10,15-16,19H,7-8,11H2,1-6H3. The van der Waals surface area contributed by atoms with Crippen molar-refractivity contribution in [3.8, 4) is 0 Å². The van der Waals surface area contributed by atoms with E-state index in [2.05, 4.69) is 58.7 Å². The highest BCUT2D eigenvalue weighted by Crippen LogP contribution is 2.24. The van der Waals surface area contributed by atoms with Crippen molar-refractivity contribution < 1.29 is 5.11 Å². The van der Waals surface area contributed by atoms with Gasteiger partial charge in [0.25, 0.3) is 0 Å². The van der Waals surface area contributed by atoms with E-state index in [1.807, 2.05) is 0 Å². The van der Waals surface area contributed by atoms with Crippen molar-refractivity contribution in [1.29, 1.82) is 0 Å². The van der Waals surface area contributed by atoms with Crippen LogP contribution in [0.1, 0.15) is 55.0 Å². The Morgan fingerprint density at radius 3 is 2.16 bits per heavy atom. The summed E-state index contributed by atoms with van der Waals surface area (Å²) < 4.78 is 0. The van der Waals surface area contributed by atoms with Crippen molar-refractivity contribution in [3.63, 3.8) is 0 Å². The zero-order chi connectivity index (χ0) is 14.6. The number of rotatable bonds is 6. The maximum Gasteiger partial charge on any atom is 0.0922 e. The Bertz CT molecular complexity index is 391. The summed E-state index contributed by atoms with van der Waals surface area (Å²) in [5.74, 6) is 0. The van der Waals surface area contributed by atoms with Crippen molar-refractivity contribution in [3.05, 3.63) is 34.4 Å². The van der Waals surface area contributed by atoms with Gasteiger partial charge in [-0.05, 0) is 57.9 Å². The summed E-state index contributed by atoms with van der Waals surface area (Å²) in [6.07, 6.45) is 1.96. The molecule has 2 unspecified atom stereocenters. The molecule has 2 nitrogen and oxygen atoms in total. The predicted octanol–water partition coefficient (Wildman–Crippen LogP) is 3.77. The minimum atomic E-state index is -0.398. The molecule has 0 bridgehead atoms. The van der Waals surface area contributed by atoms with Crippen LogP contribution >= 0.6 is 0 Å². The smallest absolute Gasteiger partial charge is 0.0922 e. The number of likely N-dealkylation sites (N-methyl/N-ethyl adjacent to an activating group) is 1. The zero-order valence-electron chi connectivity index (χ0n) is 13.3. The first kappa shape index (κ1) is 16.2. The van der Waals surface area contributed by atoms with Crippen LogP contribution in [0.4, 0.5) is 0 Å². The Morgan fingerprint density at radius 1 is 1.16 bits per heavy atom. The molecule has 1 N–H and O–H groups in total. The molecule has 108 valence electrons. The van der Waals surface area contributed by atoms with Crippen LogP contribution in [0.5, 0.6) is 0 Å². The molecule has 0 saturated carbocycles. The van der Waals surface area contributed by atoms with Gasteiger partial charge in [0.15, 0.2) is 0 Å². The van der Waals surface area contributed by atoms with E-state index in [1.165, 1.54) is 29.5 Å². The van der Waals surface area contributed by atoms with E-state index in [9.17, 15) is 5.11 Å². The lowest BCUT2D eigenvalue weighted by Crippen LogP contribution is -2.33. The Morgan fingerprint density at radius 2 is 1.68 bits per heavy atom. The molecule has 0 aliphatic heterocycles. The normalized spacial score (nSPS) is 14.7. The van der Waals surface area contributed by atoms with Crippen LogP contribution in [0.2, 0.25) is 0 Å². The topological polar surface area (TPSA) is 23.5 Å². The summed E-state index contributed by atoms with van der Waals surface area (Å²) in [7, 11) is 2.10. The van der Waals surface area contributed by atoms with E-state index in [-0.39, 0.29) is 0 Å². The van der Waals surface area contributed by atoms with Crippen molar-refractivity contribution >= 4 is 0 Å². The molecule has 1 aromatic carbocycles. The second kappa shape index (κ2) is 7.06. The average molecular weight is 263 g/mol. The third-order valence-corrected chi connectivity index (χ3v) is 3.99. The lowest BCUT2D eigenvalue weighted by atomic mass is 9.95. The molecule has 0 aliphatic carbocycles. The van der Waals surface area contributed by atoms with Gasteiger partial charge in [-0.3, -0.25) is 0 Å². The Balaban J connectivity index is 2.81. The molecule has 0 aromatic heterocycles. The highest BCUT2D eigenvalue weighted by molar-refractivity contribution is 5.39. The summed E-state index contributed by atoms with van der Waals surface area (Å²) in [5.41, 5.74) is 4.75. The molecule has 1 rings (SSSR count). The fraction of sp³-hybridized carbons (Fsp3) is 0.647. The fourth-order valence-corrected chi connectivity index (χ4v) is 2.90. The highest BCUT2D eigenvalue weighted by atomic mass is 16.3. The molecule has 0 fully saturated rings. The van der Waals surface area contributed by atoms with Crippen LogP contribution < -0.4 is 0 Å². The summed E-state index contributed by atoms with van der Waals surface area (Å²) in [6.45, 7) is 11.4. The van der Waals surface area contributed by atoms with E-state index in [0.29, 0.717) is 12.6 Å². The molecule has 0 amide bonds. The van der Waals surface area contributed by atoms with Gasteiger partial charge in [0.1, 0.15) is 0 Å². The van der Waals surface area contributed by atoms with Crippen LogP contribution in [0.3, 0.4) is 0 Å². The minimum Gasteiger partial charge on any atom is -0.387 e. The van der Waals surface area contributed by atoms with Gasteiger partial charge in [0.05, 0.1) is 6.10 Å². The van der Waals surface area contributed by atoms with Crippen LogP contribution in [0.25, 0.3) is 0 Å². The van der Waals surface area contributed by atoms with Crippen molar-refractivity contribution in [2.24, 2.45) is 0 Å². The summed E-state index contributed by atoms with van der Waals surface area (Å²) in [6, 6.07) is 4.83. The lowest BCUT2D eigenvalue weighted by Gasteiger charge is -2.28. The molecular weight excluding hydrogens is 234 g/mol. The second-order valence-electron chi connectivity index (χ2n) is 5.91. The lowest BCUT2D eigenvalue weighted by molar-refractivity contribution is 0.105. The van der Waals surface area contributed by atoms with Gasteiger partial charge in [-0.25, -0.2) is 0 Å². The number of hydrogen-bond donors (Lipinski definition) is 1. The monoisotopic (exact) mass is 263 g/mol. The maximum atomic E-state index is 10.5. The third-order valence-electron chi connectivity index (χ3n) is 3.99. The van der Waals surface area contributed by atoms with Crippen molar-refractivity contribution in [2.45, 2.75) is 59.6 Å². The van der Waals surface area contributed by atoms with Crippen molar-refractivity contribution in [2.75, 3.05) is 13.6 Å². The van der Waals surface area contributed by atoms with Crippen LogP contribution in [-0.2, 0) is 0 Å². The molecule has 0 radical (unpaired) electrons. The van der Waals surface area contributed by atoms with E-state index < -0.39 is 6.10 Å². The number of benzene rings is 1. The summed E-state index contributed by atoms with van der Waals surface area (Å²) in [5, 5.41) is 10.5. The number of aryl methyl sites for hydroxylation is 3. The second-order valence-corrected chi connectivity index (χ2v) is 5.91. The molecular formula is C17H29NO. The molecule has 19 heavy (non-hydrogen) atoms. The first-order valence-electron chi connectivity index (χ1n) is 7.32. The average Bonchev–Trinajstić information content (AvgIpc) is 2.27. The fourth-order valence-electron chi connectivity index (χ4n) is 2.90. The van der Waals surface area contributed by atoms with E-state index in [1.54, 1.807) is 0 Å². The number of hydrogen-bond acceptors (Lipinski definition) is 2. The van der Waals surface area contributed by atoms with Gasteiger partial charge in [-0.15, -0.1) is 0 Å². The first-order chi connectivity index (χ1) is 8.86. The molecule has 0 heterocycles. The maximum absolute atomic E-state index is 10.5. The van der Waals surface area contributed by atoms with Gasteiger partial charge in [0, 0.05) is 12.6 Å². The minimum absolute atomic E-state index is 0.398. The van der Waals surface area contributed by atoms with Gasteiger partial charge in [0.2, 0.25) is 0 Å². The summed E-state index contributed by atoms with van der Waals surface area (Å²) in [4.78, 5) is 2.26. The number of aliphatic hydroxyl groups is 1. The molecule has 2 atom stereocenters. The van der Waals surface area contributed by atoms with Crippen LogP contribution in [-0.4, -0.2) is 29.6 Å². The zero-order valence-corrected chi connectivity index (χ0v) is 13.3. The quantitative estimate of drug-likeness (QED) is 0.844. The number of nitrogens with zero attached hydrogens (tertiary/aromatic N) is 1. The van der Waals surface area contributed by atoms with Crippen molar-refractivity contribution in [1.82, 2.24) is 4.90 Å². The van der Waals surface area contributed by atoms with Crippen LogP contribution in [0, 0.1) is 20.8 Å². The van der Waals surface area contributed by atoms with Gasteiger partial charge >= 0.3 is 0 Å². The highest BCUT2D eigenvalue weighted by Gasteiger charge is 2.18. The largest absolute Gasteiger partial charge is 0.387 e. The Kier molecular flexibility index (Phi) is 6.02. The Labute approximate surface area is 118 Å².